The Kier molecular flexibility index (Phi) is 12.4. The fourth-order valence-electron chi connectivity index (χ4n) is 4.20. The van der Waals surface area contributed by atoms with Crippen molar-refractivity contribution in [1.29, 1.82) is 0 Å². The van der Waals surface area contributed by atoms with E-state index in [4.69, 9.17) is 46.4 Å². The van der Waals surface area contributed by atoms with Gasteiger partial charge in [0.1, 0.15) is 11.1 Å². The molecule has 0 saturated carbocycles. The number of carbonyl (C=O) groups excluding carboxylic acids is 1. The van der Waals surface area contributed by atoms with Crippen molar-refractivity contribution in [2.45, 2.75) is 76.5 Å². The minimum atomic E-state index is -0.709. The van der Waals surface area contributed by atoms with Gasteiger partial charge in [0.2, 0.25) is 0 Å². The van der Waals surface area contributed by atoms with Crippen molar-refractivity contribution in [3.8, 4) is 5.69 Å². The number of halogens is 4. The van der Waals surface area contributed by atoms with Crippen LogP contribution < -0.4 is 16.0 Å². The highest BCUT2D eigenvalue weighted by Gasteiger charge is 2.22. The summed E-state index contributed by atoms with van der Waals surface area (Å²) in [4.78, 5) is 25.9. The molecule has 3 rings (SSSR count). The highest BCUT2D eigenvalue weighted by atomic mass is 35.5. The van der Waals surface area contributed by atoms with E-state index < -0.39 is 10.9 Å². The van der Waals surface area contributed by atoms with Crippen LogP contribution in [0.15, 0.2) is 53.3 Å². The van der Waals surface area contributed by atoms with Crippen molar-refractivity contribution in [2.75, 3.05) is 5.01 Å². The van der Waals surface area contributed by atoms with E-state index in [-0.39, 0.29) is 21.6 Å². The lowest BCUT2D eigenvalue weighted by Crippen LogP contribution is -2.43. The van der Waals surface area contributed by atoms with Crippen molar-refractivity contribution < 1.29 is 4.79 Å². The summed E-state index contributed by atoms with van der Waals surface area (Å²) in [5.74, 6) is -0.0465. The first-order chi connectivity index (χ1) is 18.3. The van der Waals surface area contributed by atoms with Gasteiger partial charge in [-0.15, -0.1) is 11.6 Å². The fourth-order valence-corrected chi connectivity index (χ4v) is 5.39. The third kappa shape index (κ3) is 8.70. The third-order valence-corrected chi connectivity index (χ3v) is 7.45. The molecular formula is C28H34Cl4N4O2. The highest BCUT2D eigenvalue weighted by Crippen LogP contribution is 2.32. The first kappa shape index (κ1) is 30.4. The van der Waals surface area contributed by atoms with Crippen LogP contribution in [0.2, 0.25) is 15.1 Å². The maximum atomic E-state index is 13.0. The molecule has 6 nitrogen and oxygen atoms in total. The maximum Gasteiger partial charge on any atom is 0.273 e. The molecule has 1 atom stereocenters. The molecule has 0 aliphatic heterocycles. The molecule has 0 spiro atoms. The third-order valence-electron chi connectivity index (χ3n) is 6.24. The van der Waals surface area contributed by atoms with Crippen molar-refractivity contribution >= 4 is 63.8 Å². The zero-order chi connectivity index (χ0) is 27.5. The van der Waals surface area contributed by atoms with Gasteiger partial charge >= 0.3 is 0 Å². The Labute approximate surface area is 244 Å². The Bertz CT molecular complexity index is 1210. The number of amides is 1. The first-order valence-corrected chi connectivity index (χ1v) is 14.7. The number of carbonyl (C=O) groups is 1. The van der Waals surface area contributed by atoms with Gasteiger partial charge in [-0.2, -0.15) is 0 Å². The van der Waals surface area contributed by atoms with Gasteiger partial charge in [0, 0.05) is 11.1 Å². The quantitative estimate of drug-likeness (QED) is 0.104. The number of hydrogen-bond donors (Lipinski definition) is 2. The predicted octanol–water partition coefficient (Wildman–Crippen LogP) is 8.82. The summed E-state index contributed by atoms with van der Waals surface area (Å²) in [6, 6.07) is 13.5. The molecule has 2 N–H and O–H groups in total. The SMILES string of the molecule is CCCCCCCCCCCC(Cl)C(=O)NN(c1ccccc1)c1cc(=O)n(-c2c(Cl)cc(Cl)cc2Cl)[nH]1. The number of rotatable bonds is 15. The Morgan fingerprint density at radius 1 is 0.921 bits per heavy atom. The summed E-state index contributed by atoms with van der Waals surface area (Å²) in [6.45, 7) is 2.22. The molecule has 1 heterocycles. The Balaban J connectivity index is 1.67. The van der Waals surface area contributed by atoms with E-state index in [0.717, 1.165) is 19.3 Å². The molecule has 206 valence electrons. The molecule has 1 amide bonds. The lowest BCUT2D eigenvalue weighted by atomic mass is 10.1. The van der Waals surface area contributed by atoms with Crippen molar-refractivity contribution in [3.63, 3.8) is 0 Å². The van der Waals surface area contributed by atoms with Gasteiger partial charge < -0.3 is 0 Å². The summed E-state index contributed by atoms with van der Waals surface area (Å²) < 4.78 is 1.21. The van der Waals surface area contributed by atoms with Gasteiger partial charge in [-0.25, -0.2) is 9.69 Å². The van der Waals surface area contributed by atoms with Crippen LogP contribution in [0.5, 0.6) is 0 Å². The van der Waals surface area contributed by atoms with Gasteiger partial charge in [0.15, 0.2) is 5.82 Å². The first-order valence-electron chi connectivity index (χ1n) is 13.1. The van der Waals surface area contributed by atoms with E-state index >= 15 is 0 Å². The largest absolute Gasteiger partial charge is 0.274 e. The molecule has 38 heavy (non-hydrogen) atoms. The molecule has 10 heteroatoms. The fraction of sp³-hybridized carbons (Fsp3) is 0.429. The van der Waals surface area contributed by atoms with Gasteiger partial charge in [0.05, 0.1) is 15.7 Å². The van der Waals surface area contributed by atoms with E-state index in [1.165, 1.54) is 66.4 Å². The van der Waals surface area contributed by atoms with Gasteiger partial charge in [-0.05, 0) is 30.7 Å². The lowest BCUT2D eigenvalue weighted by molar-refractivity contribution is -0.120. The number of aromatic nitrogens is 2. The molecule has 2 aromatic carbocycles. The van der Waals surface area contributed by atoms with Crippen LogP contribution in [-0.4, -0.2) is 21.1 Å². The number of benzene rings is 2. The smallest absolute Gasteiger partial charge is 0.273 e. The molecule has 3 aromatic rings. The Morgan fingerprint density at radius 2 is 1.50 bits per heavy atom. The summed E-state index contributed by atoms with van der Waals surface area (Å²) >= 11 is 25.2. The molecule has 0 radical (unpaired) electrons. The molecule has 1 unspecified atom stereocenters. The van der Waals surface area contributed by atoms with Crippen LogP contribution in [0.4, 0.5) is 11.5 Å². The number of hydrogen-bond acceptors (Lipinski definition) is 3. The molecule has 0 bridgehead atoms. The van der Waals surface area contributed by atoms with E-state index in [9.17, 15) is 9.59 Å². The maximum absolute atomic E-state index is 13.0. The van der Waals surface area contributed by atoms with Crippen LogP contribution in [0.1, 0.15) is 71.1 Å². The number of aromatic amines is 1. The van der Waals surface area contributed by atoms with Crippen LogP contribution >= 0.6 is 46.4 Å². The van der Waals surface area contributed by atoms with Crippen molar-refractivity contribution in [2.24, 2.45) is 0 Å². The average molecular weight is 600 g/mol. The summed E-state index contributed by atoms with van der Waals surface area (Å²) in [6.07, 6.45) is 11.3. The average Bonchev–Trinajstić information content (AvgIpc) is 3.26. The topological polar surface area (TPSA) is 70.1 Å². The Morgan fingerprint density at radius 3 is 2.11 bits per heavy atom. The molecule has 0 aliphatic rings. The normalized spacial score (nSPS) is 11.9. The van der Waals surface area contributed by atoms with Crippen LogP contribution in [0, 0.1) is 0 Å². The second kappa shape index (κ2) is 15.5. The monoisotopic (exact) mass is 598 g/mol. The number of hydrazine groups is 1. The van der Waals surface area contributed by atoms with Crippen molar-refractivity contribution in [1.82, 2.24) is 15.2 Å². The van der Waals surface area contributed by atoms with E-state index in [0.29, 0.717) is 22.9 Å². The second-order valence-electron chi connectivity index (χ2n) is 9.26. The zero-order valence-corrected chi connectivity index (χ0v) is 24.5. The van der Waals surface area contributed by atoms with E-state index in [2.05, 4.69) is 17.4 Å². The molecule has 1 aromatic heterocycles. The summed E-state index contributed by atoms with van der Waals surface area (Å²) in [5.41, 5.74) is 3.33. The lowest BCUT2D eigenvalue weighted by Gasteiger charge is -2.25. The number of nitrogens with zero attached hydrogens (tertiary/aromatic N) is 2. The zero-order valence-electron chi connectivity index (χ0n) is 21.5. The van der Waals surface area contributed by atoms with Crippen LogP contribution in [0.25, 0.3) is 5.69 Å². The van der Waals surface area contributed by atoms with E-state index in [1.54, 1.807) is 0 Å². The minimum Gasteiger partial charge on any atom is -0.274 e. The number of anilines is 2. The highest BCUT2D eigenvalue weighted by molar-refractivity contribution is 6.40. The predicted molar refractivity (Wildman–Crippen MR) is 160 cm³/mol. The number of nitrogens with one attached hydrogen (secondary N) is 2. The van der Waals surface area contributed by atoms with Gasteiger partial charge in [-0.3, -0.25) is 20.1 Å². The number of unbranched alkanes of at least 4 members (excludes halogenated alkanes) is 8. The minimum absolute atomic E-state index is 0.204. The van der Waals surface area contributed by atoms with Crippen LogP contribution in [0.3, 0.4) is 0 Å². The van der Waals surface area contributed by atoms with Gasteiger partial charge in [0.25, 0.3) is 11.5 Å². The number of para-hydroxylation sites is 1. The van der Waals surface area contributed by atoms with Gasteiger partial charge in [-0.1, -0.05) is 118 Å². The molecular weight excluding hydrogens is 566 g/mol. The van der Waals surface area contributed by atoms with Crippen molar-refractivity contribution in [3.05, 3.63) is 74.0 Å². The number of alkyl halides is 1. The van der Waals surface area contributed by atoms with E-state index in [1.807, 2.05) is 30.3 Å². The molecule has 0 fully saturated rings. The van der Waals surface area contributed by atoms with Crippen LogP contribution in [-0.2, 0) is 4.79 Å². The molecule has 0 aliphatic carbocycles. The standard InChI is InChI=1S/C28H34Cl4N4O2/c1-2-3-4-5-6-7-8-9-13-16-22(30)28(38)34-35(21-14-11-10-12-15-21)25-19-26(37)36(33-25)27-23(31)17-20(29)18-24(27)32/h10-12,14-15,17-19,22,33H,2-9,13,16H2,1H3,(H,34,38). The number of H-pyrrole nitrogens is 1. The summed E-state index contributed by atoms with van der Waals surface area (Å²) in [5, 5.41) is 4.52. The second-order valence-corrected chi connectivity index (χ2v) is 11.0. The summed E-state index contributed by atoms with van der Waals surface area (Å²) in [7, 11) is 0. The molecule has 0 saturated heterocycles. The Hall–Kier alpha value is -2.12.